The fourth-order valence-corrected chi connectivity index (χ4v) is 3.47. The number of ether oxygens (including phenoxy) is 4. The first-order chi connectivity index (χ1) is 18.6. The van der Waals surface area contributed by atoms with Gasteiger partial charge in [-0.2, -0.15) is 0 Å². The molecule has 0 bridgehead atoms. The number of nitrogens with zero attached hydrogens (tertiary/aromatic N) is 2. The van der Waals surface area contributed by atoms with Gasteiger partial charge in [0.1, 0.15) is 30.5 Å². The van der Waals surface area contributed by atoms with Gasteiger partial charge in [0.15, 0.2) is 0 Å². The molecule has 38 heavy (non-hydrogen) atoms. The highest BCUT2D eigenvalue weighted by atomic mass is 16.6. The van der Waals surface area contributed by atoms with E-state index in [0.717, 1.165) is 40.4 Å². The number of benzene rings is 2. The fourth-order valence-electron chi connectivity index (χ4n) is 3.47. The molecule has 2 aromatic heterocycles. The number of esters is 1. The van der Waals surface area contributed by atoms with E-state index in [-0.39, 0.29) is 13.2 Å². The van der Waals surface area contributed by atoms with Gasteiger partial charge in [0.25, 0.3) is 0 Å². The molecule has 194 valence electrons. The van der Waals surface area contributed by atoms with E-state index in [0.29, 0.717) is 24.5 Å². The van der Waals surface area contributed by atoms with Crippen molar-refractivity contribution in [1.82, 2.24) is 9.97 Å². The average Bonchev–Trinajstić information content (AvgIpc) is 2.96. The van der Waals surface area contributed by atoms with Gasteiger partial charge in [-0.25, -0.2) is 4.79 Å². The van der Waals surface area contributed by atoms with Crippen molar-refractivity contribution < 1.29 is 23.7 Å². The molecule has 0 spiro atoms. The second-order valence-corrected chi connectivity index (χ2v) is 8.46. The van der Waals surface area contributed by atoms with Crippen molar-refractivity contribution in [3.63, 3.8) is 0 Å². The molecule has 7 nitrogen and oxygen atoms in total. The highest BCUT2D eigenvalue weighted by Gasteiger charge is 2.04. The van der Waals surface area contributed by atoms with Crippen LogP contribution in [0.5, 0.6) is 17.2 Å². The first-order valence-electron chi connectivity index (χ1n) is 12.4. The van der Waals surface area contributed by atoms with Crippen molar-refractivity contribution in [2.45, 2.75) is 13.3 Å². The van der Waals surface area contributed by atoms with E-state index in [4.69, 9.17) is 18.9 Å². The summed E-state index contributed by atoms with van der Waals surface area (Å²) in [4.78, 5) is 20.1. The Labute approximate surface area is 222 Å². The Morgan fingerprint density at radius 2 is 1.26 bits per heavy atom. The third-order valence-corrected chi connectivity index (χ3v) is 5.47. The van der Waals surface area contributed by atoms with Gasteiger partial charge in [0.05, 0.1) is 30.8 Å². The van der Waals surface area contributed by atoms with E-state index in [9.17, 15) is 4.79 Å². The van der Waals surface area contributed by atoms with Crippen LogP contribution in [-0.2, 0) is 9.53 Å². The fraction of sp³-hybridized carbons (Fsp3) is 0.194. The van der Waals surface area contributed by atoms with Crippen LogP contribution in [0.3, 0.4) is 0 Å². The molecule has 2 heterocycles. The smallest absolute Gasteiger partial charge is 0.333 e. The van der Waals surface area contributed by atoms with E-state index in [1.807, 2.05) is 78.9 Å². The molecule has 4 rings (SSSR count). The van der Waals surface area contributed by atoms with Crippen LogP contribution in [0, 0.1) is 0 Å². The molecule has 4 aromatic rings. The average molecular weight is 511 g/mol. The minimum Gasteiger partial charge on any atom is -0.493 e. The number of rotatable bonds is 13. The summed E-state index contributed by atoms with van der Waals surface area (Å²) < 4.78 is 22.3. The predicted molar refractivity (Wildman–Crippen MR) is 146 cm³/mol. The summed E-state index contributed by atoms with van der Waals surface area (Å²) in [5.74, 6) is 1.82. The van der Waals surface area contributed by atoms with Gasteiger partial charge >= 0.3 is 5.97 Å². The normalized spacial score (nSPS) is 10.4. The van der Waals surface area contributed by atoms with Gasteiger partial charge in [0, 0.05) is 18.2 Å². The van der Waals surface area contributed by atoms with Gasteiger partial charge in [-0.05, 0) is 66.6 Å². The van der Waals surface area contributed by atoms with Crippen LogP contribution in [-0.4, -0.2) is 42.4 Å². The third-order valence-electron chi connectivity index (χ3n) is 5.47. The second-order valence-electron chi connectivity index (χ2n) is 8.46. The Bertz CT molecular complexity index is 1310. The van der Waals surface area contributed by atoms with Gasteiger partial charge in [-0.1, -0.05) is 36.9 Å². The Balaban J connectivity index is 1.15. The van der Waals surface area contributed by atoms with Crippen molar-refractivity contribution in [1.29, 1.82) is 0 Å². The summed E-state index contributed by atoms with van der Waals surface area (Å²) in [5, 5.41) is 0. The first kappa shape index (κ1) is 26.4. The van der Waals surface area contributed by atoms with Crippen molar-refractivity contribution in [2.24, 2.45) is 0 Å². The van der Waals surface area contributed by atoms with Crippen molar-refractivity contribution in [3.8, 4) is 39.8 Å². The molecule has 0 saturated carbocycles. The first-order valence-corrected chi connectivity index (χ1v) is 12.4. The number of hydrogen-bond acceptors (Lipinski definition) is 7. The molecular weight excluding hydrogens is 480 g/mol. The number of carbonyl (C=O) groups is 1. The standard InChI is InChI=1S/C31H30N2O5/c1-23(2)31(34)38-21-20-37-27-13-9-25(10-14-27)24-7-11-26(12-8-24)35-18-5-19-36-28-15-16-30(33-22-28)29-6-3-4-17-32-29/h3-4,6-17,22H,1,5,18-21H2,2H3. The van der Waals surface area contributed by atoms with Crippen LogP contribution in [0.4, 0.5) is 0 Å². The maximum absolute atomic E-state index is 11.4. The van der Waals surface area contributed by atoms with E-state index in [1.54, 1.807) is 19.3 Å². The molecule has 0 aliphatic rings. The molecule has 0 amide bonds. The molecule has 0 aliphatic heterocycles. The lowest BCUT2D eigenvalue weighted by atomic mass is 10.1. The lowest BCUT2D eigenvalue weighted by molar-refractivity contribution is -0.139. The van der Waals surface area contributed by atoms with Gasteiger partial charge in [-0.3, -0.25) is 9.97 Å². The molecule has 0 atom stereocenters. The second kappa shape index (κ2) is 13.6. The van der Waals surface area contributed by atoms with Gasteiger partial charge < -0.3 is 18.9 Å². The van der Waals surface area contributed by atoms with Crippen molar-refractivity contribution in [2.75, 3.05) is 26.4 Å². The van der Waals surface area contributed by atoms with Crippen LogP contribution in [0.1, 0.15) is 13.3 Å². The number of carbonyl (C=O) groups excluding carboxylic acids is 1. The van der Waals surface area contributed by atoms with Crippen LogP contribution < -0.4 is 14.2 Å². The Kier molecular flexibility index (Phi) is 9.45. The lowest BCUT2D eigenvalue weighted by Gasteiger charge is -2.10. The zero-order valence-electron chi connectivity index (χ0n) is 21.3. The molecule has 0 N–H and O–H groups in total. The molecule has 0 saturated heterocycles. The summed E-state index contributed by atoms with van der Waals surface area (Å²) in [5.41, 5.74) is 4.16. The van der Waals surface area contributed by atoms with E-state index in [1.165, 1.54) is 0 Å². The SMILES string of the molecule is C=C(C)C(=O)OCCOc1ccc(-c2ccc(OCCCOc3ccc(-c4ccccn4)nc3)cc2)cc1. The Morgan fingerprint density at radius 1 is 0.684 bits per heavy atom. The Hall–Kier alpha value is -4.65. The number of pyridine rings is 2. The Morgan fingerprint density at radius 3 is 1.82 bits per heavy atom. The van der Waals surface area contributed by atoms with Gasteiger partial charge in [0.2, 0.25) is 0 Å². The monoisotopic (exact) mass is 510 g/mol. The minimum atomic E-state index is -0.412. The van der Waals surface area contributed by atoms with Crippen molar-refractivity contribution in [3.05, 3.63) is 103 Å². The number of aromatic nitrogens is 2. The van der Waals surface area contributed by atoms with Crippen LogP contribution in [0.15, 0.2) is 103 Å². The molecule has 0 aliphatic carbocycles. The third kappa shape index (κ3) is 7.93. The lowest BCUT2D eigenvalue weighted by Crippen LogP contribution is -2.12. The van der Waals surface area contributed by atoms with Crippen LogP contribution in [0.25, 0.3) is 22.5 Å². The topological polar surface area (TPSA) is 79.8 Å². The molecular formula is C31H30N2O5. The molecule has 0 radical (unpaired) electrons. The molecule has 0 unspecified atom stereocenters. The summed E-state index contributed by atoms with van der Waals surface area (Å²) in [7, 11) is 0. The highest BCUT2D eigenvalue weighted by Crippen LogP contribution is 2.25. The number of hydrogen-bond donors (Lipinski definition) is 0. The molecule has 0 fully saturated rings. The van der Waals surface area contributed by atoms with Gasteiger partial charge in [-0.15, -0.1) is 0 Å². The van der Waals surface area contributed by atoms with Crippen molar-refractivity contribution >= 4 is 5.97 Å². The summed E-state index contributed by atoms with van der Waals surface area (Å²) in [6.45, 7) is 6.70. The summed E-state index contributed by atoms with van der Waals surface area (Å²) >= 11 is 0. The minimum absolute atomic E-state index is 0.179. The zero-order chi connectivity index (χ0) is 26.6. The van der Waals surface area contributed by atoms with E-state index in [2.05, 4.69) is 16.5 Å². The summed E-state index contributed by atoms with van der Waals surface area (Å²) in [6.07, 6.45) is 4.21. The maximum atomic E-state index is 11.4. The quantitative estimate of drug-likeness (QED) is 0.121. The van der Waals surface area contributed by atoms with E-state index >= 15 is 0 Å². The zero-order valence-corrected chi connectivity index (χ0v) is 21.3. The highest BCUT2D eigenvalue weighted by molar-refractivity contribution is 5.86. The van der Waals surface area contributed by atoms with E-state index < -0.39 is 5.97 Å². The molecule has 7 heteroatoms. The van der Waals surface area contributed by atoms with Crippen LogP contribution >= 0.6 is 0 Å². The van der Waals surface area contributed by atoms with Crippen LogP contribution in [0.2, 0.25) is 0 Å². The largest absolute Gasteiger partial charge is 0.493 e. The predicted octanol–water partition coefficient (Wildman–Crippen LogP) is 6.16. The molecule has 2 aromatic carbocycles. The maximum Gasteiger partial charge on any atom is 0.333 e. The summed E-state index contributed by atoms with van der Waals surface area (Å²) in [6, 6.07) is 25.3.